The standard InChI is InChI=1S/C12H20N2Si/c1-4-13-15(6-3,14-5-2)12-10-8-7-9-11-12/h6-11,13-14H,3-5H2,1-2H3. The minimum absolute atomic E-state index is 0.958. The average Bonchev–Trinajstić information content (AvgIpc) is 2.30. The second-order valence-electron chi connectivity index (χ2n) is 3.44. The predicted molar refractivity (Wildman–Crippen MR) is 69.4 cm³/mol. The van der Waals surface area contributed by atoms with E-state index in [9.17, 15) is 0 Å². The zero-order chi connectivity index (χ0) is 11.1. The van der Waals surface area contributed by atoms with Gasteiger partial charge in [-0.2, -0.15) is 0 Å². The van der Waals surface area contributed by atoms with Gasteiger partial charge in [0.05, 0.1) is 0 Å². The number of hydrogen-bond acceptors (Lipinski definition) is 2. The van der Waals surface area contributed by atoms with E-state index in [1.165, 1.54) is 5.19 Å². The van der Waals surface area contributed by atoms with Crippen molar-refractivity contribution in [2.24, 2.45) is 0 Å². The monoisotopic (exact) mass is 220 g/mol. The molecule has 0 atom stereocenters. The van der Waals surface area contributed by atoms with Crippen LogP contribution < -0.4 is 15.2 Å². The summed E-state index contributed by atoms with van der Waals surface area (Å²) in [4.78, 5) is 7.15. The second-order valence-corrected chi connectivity index (χ2v) is 6.75. The quantitative estimate of drug-likeness (QED) is 0.706. The summed E-state index contributed by atoms with van der Waals surface area (Å²) in [6, 6.07) is 10.5. The smallest absolute Gasteiger partial charge is 0.259 e. The molecule has 0 aliphatic carbocycles. The van der Waals surface area contributed by atoms with Crippen LogP contribution in [0.2, 0.25) is 0 Å². The van der Waals surface area contributed by atoms with Crippen LogP contribution in [0.3, 0.4) is 0 Å². The van der Waals surface area contributed by atoms with Gasteiger partial charge in [0.2, 0.25) is 0 Å². The van der Waals surface area contributed by atoms with Crippen molar-refractivity contribution >= 4 is 13.6 Å². The maximum absolute atomic E-state index is 3.98. The van der Waals surface area contributed by atoms with Gasteiger partial charge in [0, 0.05) is 0 Å². The number of nitrogens with one attached hydrogen (secondary N) is 2. The molecule has 0 saturated carbocycles. The third-order valence-electron chi connectivity index (χ3n) is 2.45. The molecular formula is C12H20N2Si. The summed E-state index contributed by atoms with van der Waals surface area (Å²) in [5.74, 6) is 0. The summed E-state index contributed by atoms with van der Waals surface area (Å²) in [6.07, 6.45) is 0. The second kappa shape index (κ2) is 5.85. The molecule has 0 aliphatic rings. The number of hydrogen-bond donors (Lipinski definition) is 2. The fraction of sp³-hybridized carbons (Fsp3) is 0.333. The molecule has 82 valence electrons. The SMILES string of the molecule is C=C[Si](NCC)(NCC)c1ccccc1. The van der Waals surface area contributed by atoms with Gasteiger partial charge < -0.3 is 9.96 Å². The first kappa shape index (κ1) is 12.2. The van der Waals surface area contributed by atoms with Crippen LogP contribution in [0.4, 0.5) is 0 Å². The lowest BCUT2D eigenvalue weighted by atomic mass is 10.4. The lowest BCUT2D eigenvalue weighted by Crippen LogP contribution is -2.69. The molecule has 0 saturated heterocycles. The van der Waals surface area contributed by atoms with Crippen molar-refractivity contribution in [3.05, 3.63) is 42.6 Å². The molecule has 2 nitrogen and oxygen atoms in total. The van der Waals surface area contributed by atoms with Crippen molar-refractivity contribution in [1.29, 1.82) is 0 Å². The molecule has 0 aliphatic heterocycles. The van der Waals surface area contributed by atoms with E-state index in [0.717, 1.165) is 13.1 Å². The number of rotatable bonds is 6. The Hall–Kier alpha value is -0.903. The minimum Gasteiger partial charge on any atom is -0.319 e. The Morgan fingerprint density at radius 1 is 1.13 bits per heavy atom. The molecule has 2 N–H and O–H groups in total. The third-order valence-corrected chi connectivity index (χ3v) is 6.13. The van der Waals surface area contributed by atoms with Gasteiger partial charge in [0.25, 0.3) is 8.40 Å². The Morgan fingerprint density at radius 3 is 2.07 bits per heavy atom. The number of benzene rings is 1. The molecule has 1 aromatic carbocycles. The van der Waals surface area contributed by atoms with Crippen LogP contribution in [-0.2, 0) is 0 Å². The van der Waals surface area contributed by atoms with Crippen molar-refractivity contribution in [2.45, 2.75) is 13.8 Å². The topological polar surface area (TPSA) is 24.1 Å². The van der Waals surface area contributed by atoms with E-state index in [0.29, 0.717) is 0 Å². The van der Waals surface area contributed by atoms with Crippen molar-refractivity contribution in [2.75, 3.05) is 13.1 Å². The van der Waals surface area contributed by atoms with Gasteiger partial charge in [-0.15, -0.1) is 6.58 Å². The van der Waals surface area contributed by atoms with E-state index in [4.69, 9.17) is 0 Å². The highest BCUT2D eigenvalue weighted by atomic mass is 28.3. The summed E-state index contributed by atoms with van der Waals surface area (Å²) >= 11 is 0. The highest BCUT2D eigenvalue weighted by Crippen LogP contribution is 1.97. The Morgan fingerprint density at radius 2 is 1.67 bits per heavy atom. The van der Waals surface area contributed by atoms with Gasteiger partial charge in [-0.25, -0.2) is 0 Å². The minimum atomic E-state index is -1.88. The van der Waals surface area contributed by atoms with E-state index >= 15 is 0 Å². The van der Waals surface area contributed by atoms with Crippen molar-refractivity contribution in [1.82, 2.24) is 9.96 Å². The summed E-state index contributed by atoms with van der Waals surface area (Å²) in [7, 11) is -1.88. The highest BCUT2D eigenvalue weighted by Gasteiger charge is 2.30. The van der Waals surface area contributed by atoms with E-state index in [1.54, 1.807) is 0 Å². The van der Waals surface area contributed by atoms with Crippen LogP contribution in [0.25, 0.3) is 0 Å². The first-order valence-corrected chi connectivity index (χ1v) is 7.56. The largest absolute Gasteiger partial charge is 0.319 e. The normalized spacial score (nSPS) is 11.3. The first-order valence-electron chi connectivity index (χ1n) is 5.48. The van der Waals surface area contributed by atoms with Crippen LogP contribution in [0.5, 0.6) is 0 Å². The van der Waals surface area contributed by atoms with E-state index in [1.807, 2.05) is 6.07 Å². The zero-order valence-electron chi connectivity index (χ0n) is 9.59. The Labute approximate surface area is 93.6 Å². The fourth-order valence-corrected chi connectivity index (χ4v) is 4.68. The lowest BCUT2D eigenvalue weighted by Gasteiger charge is -2.29. The molecule has 0 spiro atoms. The van der Waals surface area contributed by atoms with Gasteiger partial charge in [-0.05, 0) is 18.3 Å². The van der Waals surface area contributed by atoms with Crippen LogP contribution >= 0.6 is 0 Å². The molecule has 0 fully saturated rings. The molecule has 0 unspecified atom stereocenters. The molecule has 3 heteroatoms. The van der Waals surface area contributed by atoms with E-state index < -0.39 is 8.40 Å². The molecule has 0 radical (unpaired) electrons. The van der Waals surface area contributed by atoms with Crippen molar-refractivity contribution in [3.63, 3.8) is 0 Å². The molecule has 15 heavy (non-hydrogen) atoms. The summed E-state index contributed by atoms with van der Waals surface area (Å²) in [6.45, 7) is 10.2. The van der Waals surface area contributed by atoms with Crippen LogP contribution in [0.15, 0.2) is 42.6 Å². The highest BCUT2D eigenvalue weighted by molar-refractivity contribution is 6.91. The molecule has 1 rings (SSSR count). The Kier molecular flexibility index (Phi) is 4.75. The van der Waals surface area contributed by atoms with Crippen LogP contribution in [0.1, 0.15) is 13.8 Å². The Balaban J connectivity index is 3.03. The van der Waals surface area contributed by atoms with E-state index in [-0.39, 0.29) is 0 Å². The molecule has 1 aromatic rings. The predicted octanol–water partition coefficient (Wildman–Crippen LogP) is 1.28. The third kappa shape index (κ3) is 2.78. The van der Waals surface area contributed by atoms with Crippen LogP contribution in [-0.4, -0.2) is 21.5 Å². The molecule has 0 aromatic heterocycles. The van der Waals surface area contributed by atoms with Gasteiger partial charge in [0.15, 0.2) is 0 Å². The molecule has 0 amide bonds. The fourth-order valence-electron chi connectivity index (χ4n) is 1.79. The first-order chi connectivity index (χ1) is 7.29. The van der Waals surface area contributed by atoms with Gasteiger partial charge >= 0.3 is 0 Å². The van der Waals surface area contributed by atoms with E-state index in [2.05, 4.69) is 60.4 Å². The van der Waals surface area contributed by atoms with Gasteiger partial charge in [-0.1, -0.05) is 49.9 Å². The summed E-state index contributed by atoms with van der Waals surface area (Å²) in [5, 5.41) is 1.34. The lowest BCUT2D eigenvalue weighted by molar-refractivity contribution is 0.884. The summed E-state index contributed by atoms with van der Waals surface area (Å²) < 4.78 is 0. The molecular weight excluding hydrogens is 200 g/mol. The van der Waals surface area contributed by atoms with Gasteiger partial charge in [0.1, 0.15) is 0 Å². The molecule has 0 heterocycles. The maximum atomic E-state index is 3.98. The van der Waals surface area contributed by atoms with Crippen molar-refractivity contribution < 1.29 is 0 Å². The zero-order valence-corrected chi connectivity index (χ0v) is 10.6. The van der Waals surface area contributed by atoms with Crippen molar-refractivity contribution in [3.8, 4) is 0 Å². The van der Waals surface area contributed by atoms with Gasteiger partial charge in [-0.3, -0.25) is 0 Å². The Bertz CT molecular complexity index is 292. The maximum Gasteiger partial charge on any atom is 0.259 e. The summed E-state index contributed by atoms with van der Waals surface area (Å²) in [5.41, 5.74) is 2.06. The van der Waals surface area contributed by atoms with Crippen LogP contribution in [0, 0.1) is 0 Å². The average molecular weight is 220 g/mol. The molecule has 0 bridgehead atoms.